The smallest absolute Gasteiger partial charge is 0.382 e. The molecule has 2 rings (SSSR count). The molecule has 1 heterocycles. The second kappa shape index (κ2) is 14.0. The highest BCUT2D eigenvalue weighted by molar-refractivity contribution is 7.48. The lowest BCUT2D eigenvalue weighted by Crippen LogP contribution is -2.30. The zero-order valence-electron chi connectivity index (χ0n) is 20.2. The Hall–Kier alpha value is -1.63. The van der Waals surface area contributed by atoms with E-state index in [9.17, 15) is 30.9 Å². The van der Waals surface area contributed by atoms with E-state index in [2.05, 4.69) is 19.3 Å². The van der Waals surface area contributed by atoms with Crippen LogP contribution in [0.25, 0.3) is 10.9 Å². The first-order valence-electron chi connectivity index (χ1n) is 11.4. The zero-order valence-corrected chi connectivity index (χ0v) is 21.9. The van der Waals surface area contributed by atoms with Crippen LogP contribution < -0.4 is 5.32 Å². The van der Waals surface area contributed by atoms with Gasteiger partial charge in [0.1, 0.15) is 0 Å². The molecule has 1 aromatic carbocycles. The SMILES string of the molecule is CCN(CCC[C@@H](C)Nc1ccnc2cc(Cl)ccc12)CCOP(=O)(OCC(F)(F)F)OCC(F)(F)F. The lowest BCUT2D eigenvalue weighted by atomic mass is 10.1. The van der Waals surface area contributed by atoms with Crippen molar-refractivity contribution in [2.75, 3.05) is 44.8 Å². The Balaban J connectivity index is 1.82. The molecule has 0 aliphatic rings. The molecule has 0 spiro atoms. The van der Waals surface area contributed by atoms with Crippen LogP contribution in [0, 0.1) is 0 Å². The number of phosphoric acid groups is 1. The topological polar surface area (TPSA) is 72.9 Å². The second-order valence-electron chi connectivity index (χ2n) is 8.20. The number of pyridine rings is 1. The average Bonchev–Trinajstić information content (AvgIpc) is 2.80. The molecule has 210 valence electrons. The van der Waals surface area contributed by atoms with E-state index in [1.807, 2.05) is 30.9 Å². The molecule has 0 saturated heterocycles. The number of anilines is 1. The molecule has 0 unspecified atom stereocenters. The third-order valence-electron chi connectivity index (χ3n) is 5.09. The van der Waals surface area contributed by atoms with Gasteiger partial charge in [-0.25, -0.2) is 4.57 Å². The lowest BCUT2D eigenvalue weighted by molar-refractivity contribution is -0.170. The van der Waals surface area contributed by atoms with Crippen LogP contribution in [0.2, 0.25) is 5.02 Å². The Morgan fingerprint density at radius 1 is 1.05 bits per heavy atom. The number of alkyl halides is 6. The molecule has 0 radical (unpaired) electrons. The summed E-state index contributed by atoms with van der Waals surface area (Å²) < 4.78 is 99.5. The highest BCUT2D eigenvalue weighted by atomic mass is 35.5. The van der Waals surface area contributed by atoms with Crippen molar-refractivity contribution in [3.8, 4) is 0 Å². The van der Waals surface area contributed by atoms with Crippen LogP contribution in [-0.2, 0) is 18.1 Å². The normalized spacial score (nSPS) is 13.9. The number of nitrogens with one attached hydrogen (secondary N) is 1. The molecule has 15 heteroatoms. The molecule has 1 aromatic heterocycles. The number of aromatic nitrogens is 1. The van der Waals surface area contributed by atoms with Crippen molar-refractivity contribution in [2.24, 2.45) is 0 Å². The highest BCUT2D eigenvalue weighted by Crippen LogP contribution is 2.51. The van der Waals surface area contributed by atoms with E-state index in [0.717, 1.165) is 29.4 Å². The molecule has 0 bridgehead atoms. The van der Waals surface area contributed by atoms with Crippen LogP contribution in [0.15, 0.2) is 30.5 Å². The van der Waals surface area contributed by atoms with Crippen LogP contribution in [0.5, 0.6) is 0 Å². The van der Waals surface area contributed by atoms with Crippen molar-refractivity contribution in [3.63, 3.8) is 0 Å². The van der Waals surface area contributed by atoms with E-state index in [4.69, 9.17) is 16.1 Å². The first-order chi connectivity index (χ1) is 17.2. The van der Waals surface area contributed by atoms with Crippen molar-refractivity contribution in [2.45, 2.75) is 45.1 Å². The fourth-order valence-electron chi connectivity index (χ4n) is 3.33. The second-order valence-corrected chi connectivity index (χ2v) is 10.3. The van der Waals surface area contributed by atoms with Gasteiger partial charge in [0.25, 0.3) is 0 Å². The third-order valence-corrected chi connectivity index (χ3v) is 6.72. The minimum Gasteiger partial charge on any atom is -0.382 e. The van der Waals surface area contributed by atoms with Crippen LogP contribution in [0.3, 0.4) is 0 Å². The predicted molar refractivity (Wildman–Crippen MR) is 129 cm³/mol. The Labute approximate surface area is 216 Å². The highest BCUT2D eigenvalue weighted by Gasteiger charge is 2.39. The van der Waals surface area contributed by atoms with Gasteiger partial charge in [-0.1, -0.05) is 18.5 Å². The van der Waals surface area contributed by atoms with Crippen LogP contribution >= 0.6 is 19.4 Å². The van der Waals surface area contributed by atoms with E-state index < -0.39 is 40.0 Å². The lowest BCUT2D eigenvalue weighted by Gasteiger charge is -2.24. The number of halogens is 7. The van der Waals surface area contributed by atoms with E-state index >= 15 is 0 Å². The van der Waals surface area contributed by atoms with Gasteiger partial charge in [0.05, 0.1) is 12.1 Å². The number of rotatable bonds is 15. The van der Waals surface area contributed by atoms with Crippen molar-refractivity contribution in [3.05, 3.63) is 35.5 Å². The van der Waals surface area contributed by atoms with Gasteiger partial charge < -0.3 is 10.2 Å². The molecule has 37 heavy (non-hydrogen) atoms. The van der Waals surface area contributed by atoms with Gasteiger partial charge >= 0.3 is 20.2 Å². The first-order valence-corrected chi connectivity index (χ1v) is 13.2. The summed E-state index contributed by atoms with van der Waals surface area (Å²) in [4.78, 5) is 6.16. The van der Waals surface area contributed by atoms with Gasteiger partial charge in [-0.05, 0) is 57.1 Å². The maximum atomic E-state index is 12.4. The average molecular weight is 580 g/mol. The summed E-state index contributed by atoms with van der Waals surface area (Å²) in [6, 6.07) is 7.39. The fraction of sp³-hybridized carbons (Fsp3) is 0.591. The maximum absolute atomic E-state index is 12.4. The molecule has 1 atom stereocenters. The number of benzene rings is 1. The summed E-state index contributed by atoms with van der Waals surface area (Å²) >= 11 is 6.02. The van der Waals surface area contributed by atoms with E-state index in [0.29, 0.717) is 18.1 Å². The number of likely N-dealkylation sites (N-methyl/N-ethyl adjacent to an activating group) is 1. The molecule has 7 nitrogen and oxygen atoms in total. The van der Waals surface area contributed by atoms with Gasteiger partial charge in [-0.15, -0.1) is 0 Å². The van der Waals surface area contributed by atoms with Crippen LogP contribution in [0.1, 0.15) is 26.7 Å². The van der Waals surface area contributed by atoms with Gasteiger partial charge in [-0.3, -0.25) is 18.6 Å². The Kier molecular flexibility index (Phi) is 11.9. The minimum atomic E-state index is -5.07. The van der Waals surface area contributed by atoms with Gasteiger partial charge in [0, 0.05) is 34.9 Å². The first kappa shape index (κ1) is 31.6. The Morgan fingerprint density at radius 3 is 2.30 bits per heavy atom. The molecule has 0 saturated carbocycles. The molecule has 1 N–H and O–H groups in total. The number of nitrogens with zero attached hydrogens (tertiary/aromatic N) is 2. The van der Waals surface area contributed by atoms with Crippen molar-refractivity contribution in [1.29, 1.82) is 0 Å². The molecule has 0 aliphatic heterocycles. The molecule has 0 aliphatic carbocycles. The summed E-state index contributed by atoms with van der Waals surface area (Å²) in [5.41, 5.74) is 1.67. The van der Waals surface area contributed by atoms with Gasteiger partial charge in [-0.2, -0.15) is 26.3 Å². The van der Waals surface area contributed by atoms with E-state index in [-0.39, 0.29) is 12.6 Å². The summed E-state index contributed by atoms with van der Waals surface area (Å²) in [5, 5.41) is 4.95. The summed E-state index contributed by atoms with van der Waals surface area (Å²) in [6.07, 6.45) is -6.67. The van der Waals surface area contributed by atoms with E-state index in [1.165, 1.54) is 0 Å². The summed E-state index contributed by atoms with van der Waals surface area (Å²) in [5.74, 6) is 0. The molecule has 2 aromatic rings. The summed E-state index contributed by atoms with van der Waals surface area (Å²) in [7, 11) is -5.07. The molecule has 0 fully saturated rings. The van der Waals surface area contributed by atoms with Crippen molar-refractivity contribution in [1.82, 2.24) is 9.88 Å². The number of hydrogen-bond donors (Lipinski definition) is 1. The quantitative estimate of drug-likeness (QED) is 0.179. The largest absolute Gasteiger partial charge is 0.475 e. The number of fused-ring (bicyclic) bond motifs is 1. The monoisotopic (exact) mass is 579 g/mol. The molecule has 0 amide bonds. The Morgan fingerprint density at radius 2 is 1.70 bits per heavy atom. The molecular weight excluding hydrogens is 551 g/mol. The third kappa shape index (κ3) is 12.2. The fourth-order valence-corrected chi connectivity index (χ4v) is 4.64. The van der Waals surface area contributed by atoms with Crippen LogP contribution in [0.4, 0.5) is 32.0 Å². The number of hydrogen-bond acceptors (Lipinski definition) is 7. The molecular formula is C22H29ClF6N3O4P. The van der Waals surface area contributed by atoms with Gasteiger partial charge in [0.15, 0.2) is 13.2 Å². The minimum absolute atomic E-state index is 0.0861. The predicted octanol–water partition coefficient (Wildman–Crippen LogP) is 7.07. The summed E-state index contributed by atoms with van der Waals surface area (Å²) in [6.45, 7) is 0.453. The maximum Gasteiger partial charge on any atom is 0.475 e. The van der Waals surface area contributed by atoms with Crippen molar-refractivity contribution < 1.29 is 44.5 Å². The van der Waals surface area contributed by atoms with Crippen molar-refractivity contribution >= 4 is 36.0 Å². The zero-order chi connectivity index (χ0) is 27.7. The number of phosphoric ester groups is 1. The van der Waals surface area contributed by atoms with Gasteiger partial charge in [0.2, 0.25) is 0 Å². The van der Waals surface area contributed by atoms with Crippen LogP contribution in [-0.4, -0.2) is 67.7 Å². The standard InChI is InChI=1S/C22H29ClF6N3O4P/c1-3-32(11-12-34-37(33,35-14-21(24,25)26)36-15-22(27,28)29)10-4-5-16(2)31-19-8-9-30-20-13-17(23)6-7-18(19)20/h6-9,13,16H,3-5,10-12,14-15H2,1-2H3,(H,30,31)/t16-/m1/s1. The Bertz CT molecular complexity index is 1020. The van der Waals surface area contributed by atoms with E-state index in [1.54, 1.807) is 18.3 Å².